The highest BCUT2D eigenvalue weighted by molar-refractivity contribution is 7.11. The van der Waals surface area contributed by atoms with Gasteiger partial charge in [-0.2, -0.15) is 0 Å². The molecule has 0 amide bonds. The van der Waals surface area contributed by atoms with E-state index in [9.17, 15) is 0 Å². The first-order valence-corrected chi connectivity index (χ1v) is 9.00. The third kappa shape index (κ3) is 4.06. The predicted molar refractivity (Wildman–Crippen MR) is 89.4 cm³/mol. The largest absolute Gasteiger partial charge is 0.312 e. The van der Waals surface area contributed by atoms with Crippen molar-refractivity contribution in [1.82, 2.24) is 10.2 Å². The molecule has 1 aromatic rings. The van der Waals surface area contributed by atoms with E-state index in [0.717, 1.165) is 25.4 Å². The van der Waals surface area contributed by atoms with Crippen molar-refractivity contribution in [1.29, 1.82) is 0 Å². The van der Waals surface area contributed by atoms with Gasteiger partial charge in [0, 0.05) is 34.9 Å². The minimum absolute atomic E-state index is 0.649. The lowest BCUT2D eigenvalue weighted by Gasteiger charge is -2.30. The third-order valence-electron chi connectivity index (χ3n) is 4.78. The van der Waals surface area contributed by atoms with Crippen LogP contribution in [0.1, 0.15) is 50.3 Å². The van der Waals surface area contributed by atoms with E-state index in [-0.39, 0.29) is 0 Å². The van der Waals surface area contributed by atoms with E-state index in [1.165, 1.54) is 29.1 Å². The van der Waals surface area contributed by atoms with Gasteiger partial charge in [-0.25, -0.2) is 0 Å². The summed E-state index contributed by atoms with van der Waals surface area (Å²) >= 11 is 1.99. The molecule has 1 N–H and O–H groups in total. The number of hydrogen-bond donors (Lipinski definition) is 1. The quantitative estimate of drug-likeness (QED) is 0.886. The van der Waals surface area contributed by atoms with Crippen LogP contribution in [0.2, 0.25) is 0 Å². The molecule has 3 unspecified atom stereocenters. The van der Waals surface area contributed by atoms with E-state index in [1.807, 2.05) is 11.3 Å². The van der Waals surface area contributed by atoms with Gasteiger partial charge in [-0.05, 0) is 44.4 Å². The Bertz CT molecular complexity index is 401. The first-order valence-electron chi connectivity index (χ1n) is 8.19. The molecular weight excluding hydrogens is 264 g/mol. The minimum Gasteiger partial charge on any atom is -0.312 e. The highest BCUT2D eigenvalue weighted by Crippen LogP contribution is 2.22. The molecule has 1 aliphatic heterocycles. The molecule has 0 saturated carbocycles. The second-order valence-electron chi connectivity index (χ2n) is 6.23. The Morgan fingerprint density at radius 1 is 1.35 bits per heavy atom. The first-order chi connectivity index (χ1) is 9.63. The van der Waals surface area contributed by atoms with E-state index in [2.05, 4.69) is 50.0 Å². The van der Waals surface area contributed by atoms with E-state index in [1.54, 1.807) is 0 Å². The molecule has 1 fully saturated rings. The lowest BCUT2D eigenvalue weighted by atomic mass is 9.99. The summed E-state index contributed by atoms with van der Waals surface area (Å²) in [6.45, 7) is 12.8. The molecule has 3 heteroatoms. The van der Waals surface area contributed by atoms with Crippen LogP contribution < -0.4 is 5.32 Å². The maximum Gasteiger partial charge on any atom is 0.0331 e. The molecule has 0 aromatic carbocycles. The van der Waals surface area contributed by atoms with Gasteiger partial charge in [0.1, 0.15) is 0 Å². The van der Waals surface area contributed by atoms with Crippen molar-refractivity contribution in [3.8, 4) is 0 Å². The number of nitrogens with one attached hydrogen (secondary N) is 1. The molecule has 1 aromatic heterocycles. The van der Waals surface area contributed by atoms with Crippen LogP contribution >= 0.6 is 11.3 Å². The Morgan fingerprint density at radius 2 is 2.10 bits per heavy atom. The summed E-state index contributed by atoms with van der Waals surface area (Å²) in [5.74, 6) is 0.761. The zero-order chi connectivity index (χ0) is 14.5. The summed E-state index contributed by atoms with van der Waals surface area (Å²) < 4.78 is 0. The fourth-order valence-corrected chi connectivity index (χ4v) is 3.92. The first kappa shape index (κ1) is 16.0. The number of hydrogen-bond acceptors (Lipinski definition) is 3. The average molecular weight is 295 g/mol. The summed E-state index contributed by atoms with van der Waals surface area (Å²) in [5, 5.41) is 3.76. The second-order valence-corrected chi connectivity index (χ2v) is 7.49. The van der Waals surface area contributed by atoms with Crippen molar-refractivity contribution in [3.05, 3.63) is 21.9 Å². The lowest BCUT2D eigenvalue weighted by Crippen LogP contribution is -2.43. The predicted octanol–water partition coefficient (Wildman–Crippen LogP) is 3.91. The van der Waals surface area contributed by atoms with Crippen molar-refractivity contribution in [3.63, 3.8) is 0 Å². The van der Waals surface area contributed by atoms with E-state index < -0.39 is 0 Å². The van der Waals surface area contributed by atoms with Gasteiger partial charge in [0.2, 0.25) is 0 Å². The fourth-order valence-electron chi connectivity index (χ4n) is 2.94. The summed E-state index contributed by atoms with van der Waals surface area (Å²) in [5.41, 5.74) is 0. The Kier molecular flexibility index (Phi) is 6.06. The molecule has 0 spiro atoms. The second kappa shape index (κ2) is 7.58. The van der Waals surface area contributed by atoms with Crippen molar-refractivity contribution in [2.24, 2.45) is 5.92 Å². The van der Waals surface area contributed by atoms with E-state index in [0.29, 0.717) is 12.1 Å². The Labute approximate surface area is 128 Å². The van der Waals surface area contributed by atoms with Crippen LogP contribution in [0, 0.1) is 5.92 Å². The highest BCUT2D eigenvalue weighted by atomic mass is 32.1. The van der Waals surface area contributed by atoms with Gasteiger partial charge < -0.3 is 5.32 Å². The van der Waals surface area contributed by atoms with Gasteiger partial charge in [0.15, 0.2) is 0 Å². The summed E-state index contributed by atoms with van der Waals surface area (Å²) in [6, 6.07) is 5.96. The Morgan fingerprint density at radius 3 is 2.75 bits per heavy atom. The van der Waals surface area contributed by atoms with Crippen molar-refractivity contribution < 1.29 is 0 Å². The maximum atomic E-state index is 3.76. The molecule has 0 radical (unpaired) electrons. The molecule has 0 bridgehead atoms. The molecule has 2 nitrogen and oxygen atoms in total. The third-order valence-corrected chi connectivity index (χ3v) is 5.99. The zero-order valence-electron chi connectivity index (χ0n) is 13.5. The molecule has 0 aliphatic carbocycles. The maximum absolute atomic E-state index is 3.76. The normalized spacial score (nSPS) is 26.4. The van der Waals surface area contributed by atoms with Gasteiger partial charge >= 0.3 is 0 Å². The fraction of sp³-hybridized carbons (Fsp3) is 0.765. The SMILES string of the molecule is CCc1ccc(CN2CC(C(C)CC)NCCC2C)s1. The van der Waals surface area contributed by atoms with Crippen LogP contribution in [0.25, 0.3) is 0 Å². The monoisotopic (exact) mass is 294 g/mol. The summed E-state index contributed by atoms with van der Waals surface area (Å²) in [4.78, 5) is 5.72. The molecule has 20 heavy (non-hydrogen) atoms. The molecule has 2 heterocycles. The average Bonchev–Trinajstić information content (AvgIpc) is 2.83. The van der Waals surface area contributed by atoms with Gasteiger partial charge in [0.25, 0.3) is 0 Å². The topological polar surface area (TPSA) is 15.3 Å². The van der Waals surface area contributed by atoms with Crippen LogP contribution in [0.5, 0.6) is 0 Å². The molecular formula is C17H30N2S. The molecule has 114 valence electrons. The molecule has 3 atom stereocenters. The van der Waals surface area contributed by atoms with E-state index >= 15 is 0 Å². The Balaban J connectivity index is 2.02. The highest BCUT2D eigenvalue weighted by Gasteiger charge is 2.25. The molecule has 1 saturated heterocycles. The minimum atomic E-state index is 0.649. The Hall–Kier alpha value is -0.380. The number of thiophene rings is 1. The summed E-state index contributed by atoms with van der Waals surface area (Å²) in [7, 11) is 0. The van der Waals surface area contributed by atoms with Gasteiger partial charge in [-0.1, -0.05) is 27.2 Å². The number of nitrogens with zero attached hydrogens (tertiary/aromatic N) is 1. The van der Waals surface area contributed by atoms with Gasteiger partial charge in [-0.15, -0.1) is 11.3 Å². The van der Waals surface area contributed by atoms with Gasteiger partial charge in [0.05, 0.1) is 0 Å². The van der Waals surface area contributed by atoms with Crippen LogP contribution in [0.4, 0.5) is 0 Å². The van der Waals surface area contributed by atoms with Crippen LogP contribution in [0.3, 0.4) is 0 Å². The van der Waals surface area contributed by atoms with Crippen LogP contribution in [-0.2, 0) is 13.0 Å². The van der Waals surface area contributed by atoms with Crippen LogP contribution in [0.15, 0.2) is 12.1 Å². The van der Waals surface area contributed by atoms with Gasteiger partial charge in [-0.3, -0.25) is 4.90 Å². The molecule has 2 rings (SSSR count). The number of rotatable bonds is 5. The van der Waals surface area contributed by atoms with Crippen LogP contribution in [-0.4, -0.2) is 30.1 Å². The zero-order valence-corrected chi connectivity index (χ0v) is 14.3. The van der Waals surface area contributed by atoms with Crippen molar-refractivity contribution in [2.75, 3.05) is 13.1 Å². The standard InChI is InChI=1S/C17H30N2S/c1-5-13(3)17-12-19(14(4)9-10-18-17)11-16-8-7-15(6-2)20-16/h7-8,13-14,17-18H,5-6,9-12H2,1-4H3. The van der Waals surface area contributed by atoms with E-state index in [4.69, 9.17) is 0 Å². The summed E-state index contributed by atoms with van der Waals surface area (Å²) in [6.07, 6.45) is 3.69. The molecule has 1 aliphatic rings. The number of aryl methyl sites for hydroxylation is 1. The van der Waals surface area contributed by atoms with Crippen molar-refractivity contribution in [2.45, 2.75) is 65.6 Å². The smallest absolute Gasteiger partial charge is 0.0331 e. The van der Waals surface area contributed by atoms with Crippen molar-refractivity contribution >= 4 is 11.3 Å². The lowest BCUT2D eigenvalue weighted by molar-refractivity contribution is 0.182.